The van der Waals surface area contributed by atoms with Gasteiger partial charge in [-0.15, -0.1) is 0 Å². The number of carboxylic acid groups (broad SMARTS) is 1. The van der Waals surface area contributed by atoms with Crippen LogP contribution in [-0.4, -0.2) is 24.1 Å². The van der Waals surface area contributed by atoms with Crippen molar-refractivity contribution in [1.82, 2.24) is 0 Å². The molecule has 126 valence electrons. The standard InChI is InChI=1S/C19H21NO4/c1-13(17(21)22)14-8-7-11-16(12-14)20-18(23)19(2,24-3)15-9-5-4-6-10-15/h4-13H,1-3H3,(H,20,23)(H,21,22). The first-order chi connectivity index (χ1) is 11.4. The summed E-state index contributed by atoms with van der Waals surface area (Å²) in [5.74, 6) is -1.88. The number of nitrogens with one attached hydrogen (secondary N) is 1. The Morgan fingerprint density at radius 3 is 2.38 bits per heavy atom. The van der Waals surface area contributed by atoms with Gasteiger partial charge in [0.05, 0.1) is 5.92 Å². The zero-order valence-corrected chi connectivity index (χ0v) is 13.9. The van der Waals surface area contributed by atoms with Gasteiger partial charge in [0, 0.05) is 12.8 Å². The summed E-state index contributed by atoms with van der Waals surface area (Å²) in [5, 5.41) is 11.9. The van der Waals surface area contributed by atoms with Gasteiger partial charge >= 0.3 is 5.97 Å². The summed E-state index contributed by atoms with van der Waals surface area (Å²) in [6, 6.07) is 16.0. The highest BCUT2D eigenvalue weighted by molar-refractivity contribution is 5.97. The predicted molar refractivity (Wildman–Crippen MR) is 91.9 cm³/mol. The van der Waals surface area contributed by atoms with Gasteiger partial charge in [-0.05, 0) is 37.1 Å². The Hall–Kier alpha value is -2.66. The van der Waals surface area contributed by atoms with E-state index in [1.807, 2.05) is 30.3 Å². The van der Waals surface area contributed by atoms with Gasteiger partial charge in [-0.2, -0.15) is 0 Å². The molecule has 0 aliphatic heterocycles. The number of anilines is 1. The Morgan fingerprint density at radius 2 is 1.79 bits per heavy atom. The number of amides is 1. The zero-order chi connectivity index (χ0) is 17.7. The molecule has 24 heavy (non-hydrogen) atoms. The molecule has 0 saturated carbocycles. The molecular formula is C19H21NO4. The number of carbonyl (C=O) groups is 2. The van der Waals surface area contributed by atoms with Crippen LogP contribution in [0.4, 0.5) is 5.69 Å². The highest BCUT2D eigenvalue weighted by Crippen LogP contribution is 2.27. The van der Waals surface area contributed by atoms with Gasteiger partial charge < -0.3 is 15.2 Å². The Kier molecular flexibility index (Phi) is 5.36. The van der Waals surface area contributed by atoms with Gasteiger partial charge in [-0.3, -0.25) is 9.59 Å². The first-order valence-corrected chi connectivity index (χ1v) is 7.63. The third-order valence-corrected chi connectivity index (χ3v) is 4.18. The lowest BCUT2D eigenvalue weighted by molar-refractivity contribution is -0.138. The third kappa shape index (κ3) is 3.63. The van der Waals surface area contributed by atoms with E-state index in [9.17, 15) is 9.59 Å². The van der Waals surface area contributed by atoms with Crippen molar-refractivity contribution in [2.45, 2.75) is 25.4 Å². The maximum atomic E-state index is 12.7. The number of aliphatic carboxylic acids is 1. The van der Waals surface area contributed by atoms with Crippen molar-refractivity contribution in [3.05, 3.63) is 65.7 Å². The molecule has 0 heterocycles. The average molecular weight is 327 g/mol. The summed E-state index contributed by atoms with van der Waals surface area (Å²) in [6.45, 7) is 3.30. The van der Waals surface area contributed by atoms with Crippen LogP contribution in [0.1, 0.15) is 30.9 Å². The predicted octanol–water partition coefficient (Wildman–Crippen LogP) is 3.38. The summed E-state index contributed by atoms with van der Waals surface area (Å²) in [5.41, 5.74) is 0.749. The van der Waals surface area contributed by atoms with Gasteiger partial charge in [0.15, 0.2) is 5.60 Å². The fraction of sp³-hybridized carbons (Fsp3) is 0.263. The van der Waals surface area contributed by atoms with E-state index in [1.165, 1.54) is 7.11 Å². The molecule has 2 rings (SSSR count). The second-order valence-electron chi connectivity index (χ2n) is 5.74. The maximum Gasteiger partial charge on any atom is 0.310 e. The number of hydrogen-bond donors (Lipinski definition) is 2. The average Bonchev–Trinajstić information content (AvgIpc) is 2.61. The minimum Gasteiger partial charge on any atom is -0.481 e. The number of benzene rings is 2. The van der Waals surface area contributed by atoms with Crippen LogP contribution < -0.4 is 5.32 Å². The number of carbonyl (C=O) groups excluding carboxylic acids is 1. The van der Waals surface area contributed by atoms with Crippen molar-refractivity contribution in [2.75, 3.05) is 12.4 Å². The van der Waals surface area contributed by atoms with Crippen molar-refractivity contribution < 1.29 is 19.4 Å². The van der Waals surface area contributed by atoms with E-state index in [0.29, 0.717) is 11.3 Å². The number of rotatable bonds is 6. The Labute approximate surface area is 141 Å². The summed E-state index contributed by atoms with van der Waals surface area (Å²) in [4.78, 5) is 23.8. The third-order valence-electron chi connectivity index (χ3n) is 4.18. The molecule has 2 N–H and O–H groups in total. The lowest BCUT2D eigenvalue weighted by Gasteiger charge is -2.27. The second kappa shape index (κ2) is 7.27. The largest absolute Gasteiger partial charge is 0.481 e. The van der Waals surface area contributed by atoms with E-state index in [4.69, 9.17) is 9.84 Å². The fourth-order valence-corrected chi connectivity index (χ4v) is 2.38. The van der Waals surface area contributed by atoms with Gasteiger partial charge in [0.1, 0.15) is 0 Å². The molecule has 5 heteroatoms. The Morgan fingerprint density at radius 1 is 1.12 bits per heavy atom. The minimum atomic E-state index is -1.14. The number of methoxy groups -OCH3 is 1. The molecule has 0 spiro atoms. The molecule has 0 saturated heterocycles. The fourth-order valence-electron chi connectivity index (χ4n) is 2.38. The topological polar surface area (TPSA) is 75.6 Å². The van der Waals surface area contributed by atoms with Crippen LogP contribution in [0.3, 0.4) is 0 Å². The van der Waals surface area contributed by atoms with Crippen molar-refractivity contribution in [3.8, 4) is 0 Å². The molecule has 1 amide bonds. The van der Waals surface area contributed by atoms with Gasteiger partial charge in [0.25, 0.3) is 5.91 Å². The van der Waals surface area contributed by atoms with Crippen molar-refractivity contribution in [3.63, 3.8) is 0 Å². The molecule has 5 nitrogen and oxygen atoms in total. The van der Waals surface area contributed by atoms with Crippen molar-refractivity contribution in [2.24, 2.45) is 0 Å². The molecule has 2 aromatic rings. The SMILES string of the molecule is COC(C)(C(=O)Nc1cccc(C(C)C(=O)O)c1)c1ccccc1. The van der Waals surface area contributed by atoms with Crippen LogP contribution in [0, 0.1) is 0 Å². The molecule has 0 bridgehead atoms. The highest BCUT2D eigenvalue weighted by atomic mass is 16.5. The highest BCUT2D eigenvalue weighted by Gasteiger charge is 2.35. The van der Waals surface area contributed by atoms with Crippen molar-refractivity contribution in [1.29, 1.82) is 0 Å². The summed E-state index contributed by atoms with van der Waals surface area (Å²) < 4.78 is 5.47. The van der Waals surface area contributed by atoms with Crippen LogP contribution in [0.15, 0.2) is 54.6 Å². The van der Waals surface area contributed by atoms with E-state index in [2.05, 4.69) is 5.32 Å². The van der Waals surface area contributed by atoms with E-state index in [-0.39, 0.29) is 5.91 Å². The smallest absolute Gasteiger partial charge is 0.310 e. The number of hydrogen-bond acceptors (Lipinski definition) is 3. The van der Waals surface area contributed by atoms with Crippen LogP contribution in [0.2, 0.25) is 0 Å². The van der Waals surface area contributed by atoms with Crippen LogP contribution in [-0.2, 0) is 19.9 Å². The summed E-state index contributed by atoms with van der Waals surface area (Å²) in [6.07, 6.45) is 0. The number of ether oxygens (including phenoxy) is 1. The van der Waals surface area contributed by atoms with Gasteiger partial charge in [-0.1, -0.05) is 42.5 Å². The minimum absolute atomic E-state index is 0.323. The van der Waals surface area contributed by atoms with Gasteiger partial charge in [-0.25, -0.2) is 0 Å². The van der Waals surface area contributed by atoms with Crippen LogP contribution in [0.25, 0.3) is 0 Å². The first kappa shape index (κ1) is 17.7. The van der Waals surface area contributed by atoms with E-state index < -0.39 is 17.5 Å². The zero-order valence-electron chi connectivity index (χ0n) is 13.9. The molecule has 2 atom stereocenters. The molecule has 0 fully saturated rings. The maximum absolute atomic E-state index is 12.7. The van der Waals surface area contributed by atoms with Crippen molar-refractivity contribution >= 4 is 17.6 Å². The van der Waals surface area contributed by atoms with E-state index in [1.54, 1.807) is 38.1 Å². The summed E-state index contributed by atoms with van der Waals surface area (Å²) >= 11 is 0. The van der Waals surface area contributed by atoms with E-state index in [0.717, 1.165) is 5.56 Å². The monoisotopic (exact) mass is 327 g/mol. The second-order valence-corrected chi connectivity index (χ2v) is 5.74. The quantitative estimate of drug-likeness (QED) is 0.853. The lowest BCUT2D eigenvalue weighted by Crippen LogP contribution is -2.39. The van der Waals surface area contributed by atoms with Crippen LogP contribution in [0.5, 0.6) is 0 Å². The number of carboxylic acids is 1. The first-order valence-electron chi connectivity index (χ1n) is 7.63. The molecule has 2 unspecified atom stereocenters. The lowest BCUT2D eigenvalue weighted by atomic mass is 9.94. The Balaban J connectivity index is 2.25. The summed E-state index contributed by atoms with van der Waals surface area (Å²) in [7, 11) is 1.48. The molecule has 2 aromatic carbocycles. The van der Waals surface area contributed by atoms with E-state index >= 15 is 0 Å². The molecule has 0 radical (unpaired) electrons. The molecule has 0 aliphatic carbocycles. The molecular weight excluding hydrogens is 306 g/mol. The van der Waals surface area contributed by atoms with Gasteiger partial charge in [0.2, 0.25) is 0 Å². The molecule has 0 aliphatic rings. The van der Waals surface area contributed by atoms with Crippen LogP contribution >= 0.6 is 0 Å². The normalized spacial score (nSPS) is 14.5. The molecule has 0 aromatic heterocycles. The Bertz CT molecular complexity index is 729.